The van der Waals surface area contributed by atoms with Gasteiger partial charge in [-0.1, -0.05) is 24.3 Å². The second-order valence-corrected chi connectivity index (χ2v) is 3.91. The zero-order valence-corrected chi connectivity index (χ0v) is 10.0. The van der Waals surface area contributed by atoms with Gasteiger partial charge in [-0.15, -0.1) is 0 Å². The van der Waals surface area contributed by atoms with Gasteiger partial charge in [-0.2, -0.15) is 11.4 Å². The van der Waals surface area contributed by atoms with Gasteiger partial charge in [-0.05, 0) is 46.8 Å². The van der Waals surface area contributed by atoms with Crippen molar-refractivity contribution >= 4 is 0 Å². The number of rotatable bonds is 3. The molecule has 0 aliphatic rings. The Labute approximate surface area is 111 Å². The summed E-state index contributed by atoms with van der Waals surface area (Å²) >= 11 is 0. The van der Waals surface area contributed by atoms with E-state index in [1.807, 2.05) is 36.4 Å². The van der Waals surface area contributed by atoms with Gasteiger partial charge in [-0.3, -0.25) is 0 Å². The molecule has 0 radical (unpaired) electrons. The molecule has 4 heteroatoms. The second kappa shape index (κ2) is 6.09. The molecule has 0 aromatic heterocycles. The van der Waals surface area contributed by atoms with Crippen LogP contribution in [0.4, 0.5) is 0 Å². The van der Waals surface area contributed by atoms with E-state index in [1.165, 1.54) is 0 Å². The molecule has 2 aromatic rings. The van der Waals surface area contributed by atoms with Crippen molar-refractivity contribution in [3.05, 3.63) is 87.0 Å². The van der Waals surface area contributed by atoms with Crippen LogP contribution in [0.5, 0.6) is 5.75 Å². The SMILES string of the molecule is [C-]#[N+]Oc1cccc(Cc2cccc(C#[N+][O-])c2)c1. The molecule has 0 bridgehead atoms. The molecule has 0 atom stereocenters. The van der Waals surface area contributed by atoms with Crippen LogP contribution < -0.4 is 4.84 Å². The molecule has 0 spiro atoms. The molecule has 4 nitrogen and oxygen atoms in total. The van der Waals surface area contributed by atoms with Crippen molar-refractivity contribution in [2.45, 2.75) is 6.42 Å². The maximum Gasteiger partial charge on any atom is 0.336 e. The van der Waals surface area contributed by atoms with Crippen LogP contribution in [0.25, 0.3) is 10.0 Å². The van der Waals surface area contributed by atoms with Crippen LogP contribution in [0.15, 0.2) is 48.5 Å². The largest absolute Gasteiger partial charge is 0.498 e. The van der Waals surface area contributed by atoms with Crippen molar-refractivity contribution in [3.8, 4) is 11.8 Å². The van der Waals surface area contributed by atoms with Crippen molar-refractivity contribution in [2.24, 2.45) is 0 Å². The highest BCUT2D eigenvalue weighted by Crippen LogP contribution is 2.17. The second-order valence-electron chi connectivity index (χ2n) is 3.91. The summed E-state index contributed by atoms with van der Waals surface area (Å²) in [7, 11) is 0. The maximum absolute atomic E-state index is 10.2. The number of nitrogens with zero attached hydrogens (tertiary/aromatic N) is 2. The van der Waals surface area contributed by atoms with Crippen molar-refractivity contribution < 1.29 is 4.84 Å². The van der Waals surface area contributed by atoms with E-state index in [9.17, 15) is 5.21 Å². The van der Waals surface area contributed by atoms with E-state index in [4.69, 9.17) is 11.4 Å². The molecule has 0 unspecified atom stereocenters. The van der Waals surface area contributed by atoms with Crippen molar-refractivity contribution in [2.75, 3.05) is 0 Å². The third-order valence-electron chi connectivity index (χ3n) is 2.56. The van der Waals surface area contributed by atoms with Crippen molar-refractivity contribution in [1.82, 2.24) is 0 Å². The molecule has 2 aromatic carbocycles. The Hall–Kier alpha value is -2.98. The zero-order valence-electron chi connectivity index (χ0n) is 10.0. The number of hydrogen-bond donors (Lipinski definition) is 0. The summed E-state index contributed by atoms with van der Waals surface area (Å²) in [6.07, 6.45) is 0.684. The highest BCUT2D eigenvalue weighted by atomic mass is 16.6. The van der Waals surface area contributed by atoms with Crippen LogP contribution in [-0.2, 0) is 6.42 Å². The summed E-state index contributed by atoms with van der Waals surface area (Å²) in [5, 5.41) is 15.7. The van der Waals surface area contributed by atoms with Gasteiger partial charge in [0.15, 0.2) is 0 Å². The van der Waals surface area contributed by atoms with Gasteiger partial charge in [-0.25, -0.2) is 0 Å². The van der Waals surface area contributed by atoms with Crippen molar-refractivity contribution in [1.29, 1.82) is 0 Å². The Bertz CT molecular complexity index is 678. The molecule has 0 heterocycles. The summed E-state index contributed by atoms with van der Waals surface area (Å²) < 4.78 is 0. The molecular weight excluding hydrogens is 240 g/mol. The van der Waals surface area contributed by atoms with Gasteiger partial charge in [0.05, 0.1) is 0 Å². The summed E-state index contributed by atoms with van der Waals surface area (Å²) in [4.78, 5) is 4.77. The highest BCUT2D eigenvalue weighted by molar-refractivity contribution is 5.38. The van der Waals surface area contributed by atoms with E-state index < -0.39 is 0 Å². The topological polar surface area (TPSA) is 41.0 Å². The molecule has 0 amide bonds. The molecule has 19 heavy (non-hydrogen) atoms. The normalized spacial score (nSPS) is 9.00. The van der Waals surface area contributed by atoms with Gasteiger partial charge in [0.25, 0.3) is 0 Å². The Morgan fingerprint density at radius 1 is 1.11 bits per heavy atom. The maximum atomic E-state index is 10.2. The standard InChI is InChI=1S/C15H10N2O2/c1-16-19-15-7-3-5-13(10-15)8-12-4-2-6-14(9-12)11-17-18/h2-7,9-10H,8H2. The fourth-order valence-electron chi connectivity index (χ4n) is 1.80. The quantitative estimate of drug-likeness (QED) is 0.616. The Morgan fingerprint density at radius 3 is 2.58 bits per heavy atom. The first-order valence-corrected chi connectivity index (χ1v) is 5.62. The Morgan fingerprint density at radius 2 is 1.84 bits per heavy atom. The van der Waals surface area contributed by atoms with E-state index in [2.05, 4.69) is 16.1 Å². The summed E-state index contributed by atoms with van der Waals surface area (Å²) in [6, 6.07) is 17.1. The van der Waals surface area contributed by atoms with Gasteiger partial charge in [0.2, 0.25) is 5.75 Å². The van der Waals surface area contributed by atoms with Crippen LogP contribution in [0.3, 0.4) is 0 Å². The van der Waals surface area contributed by atoms with Gasteiger partial charge in [0, 0.05) is 5.01 Å². The molecule has 2 rings (SSSR count). The first-order valence-electron chi connectivity index (χ1n) is 5.62. The number of hydrogen-bond acceptors (Lipinski definition) is 2. The van der Waals surface area contributed by atoms with Crippen LogP contribution in [0, 0.1) is 17.8 Å². The van der Waals surface area contributed by atoms with Crippen LogP contribution >= 0.6 is 0 Å². The monoisotopic (exact) mass is 250 g/mol. The summed E-state index contributed by atoms with van der Waals surface area (Å²) in [5.41, 5.74) is 2.71. The third kappa shape index (κ3) is 3.49. The minimum Gasteiger partial charge on any atom is -0.498 e. The van der Waals surface area contributed by atoms with E-state index in [1.54, 1.807) is 12.1 Å². The van der Waals surface area contributed by atoms with Crippen LogP contribution in [-0.4, -0.2) is 0 Å². The predicted octanol–water partition coefficient (Wildman–Crippen LogP) is 3.67. The van der Waals surface area contributed by atoms with Crippen molar-refractivity contribution in [3.63, 3.8) is 0 Å². The number of benzene rings is 2. The van der Waals surface area contributed by atoms with E-state index in [0.29, 0.717) is 17.7 Å². The first-order chi connectivity index (χ1) is 9.31. The smallest absolute Gasteiger partial charge is 0.336 e. The Balaban J connectivity index is 2.20. The van der Waals surface area contributed by atoms with Gasteiger partial charge < -0.3 is 5.21 Å². The molecule has 92 valence electrons. The predicted molar refractivity (Wildman–Crippen MR) is 72.6 cm³/mol. The van der Waals surface area contributed by atoms with Crippen LogP contribution in [0.2, 0.25) is 0 Å². The van der Waals surface area contributed by atoms with Gasteiger partial charge >= 0.3 is 6.07 Å². The molecule has 0 fully saturated rings. The highest BCUT2D eigenvalue weighted by Gasteiger charge is 2.03. The third-order valence-corrected chi connectivity index (χ3v) is 2.56. The molecule has 0 N–H and O–H groups in total. The first kappa shape index (κ1) is 12.5. The molecule has 0 saturated carbocycles. The van der Waals surface area contributed by atoms with E-state index in [-0.39, 0.29) is 0 Å². The zero-order chi connectivity index (χ0) is 13.5. The lowest BCUT2D eigenvalue weighted by atomic mass is 10.0. The molecule has 0 aliphatic carbocycles. The lowest BCUT2D eigenvalue weighted by molar-refractivity contribution is 0.472. The molecule has 0 saturated heterocycles. The van der Waals surface area contributed by atoms with Crippen LogP contribution in [0.1, 0.15) is 16.7 Å². The molecule has 0 aliphatic heterocycles. The summed E-state index contributed by atoms with van der Waals surface area (Å²) in [5.74, 6) is 0.524. The minimum atomic E-state index is 0.524. The summed E-state index contributed by atoms with van der Waals surface area (Å²) in [6.45, 7) is 6.66. The lowest BCUT2D eigenvalue weighted by Gasteiger charge is -2.02. The fraction of sp³-hybridized carbons (Fsp3) is 0.0667. The van der Waals surface area contributed by atoms with E-state index in [0.717, 1.165) is 11.1 Å². The van der Waals surface area contributed by atoms with Gasteiger partial charge in [0.1, 0.15) is 5.56 Å². The minimum absolute atomic E-state index is 0.524. The Kier molecular flexibility index (Phi) is 4.00. The fourth-order valence-corrected chi connectivity index (χ4v) is 1.80. The lowest BCUT2D eigenvalue weighted by Crippen LogP contribution is -1.90. The average molecular weight is 250 g/mol. The molecular formula is C15H10N2O2. The van der Waals surface area contributed by atoms with E-state index >= 15 is 0 Å². The average Bonchev–Trinajstić information content (AvgIpc) is 2.40.